The molecule has 62 valence electrons. The number of carbonyl (C=O) groups is 1. The summed E-state index contributed by atoms with van der Waals surface area (Å²) in [6.45, 7) is 3.26. The molecule has 1 heterocycles. The first kappa shape index (κ1) is 14.8. The molecule has 0 saturated heterocycles. The van der Waals surface area contributed by atoms with E-state index in [9.17, 15) is 0 Å². The zero-order chi connectivity index (χ0) is 8.69. The Hall–Kier alpha value is 0.246. The second-order valence-corrected chi connectivity index (χ2v) is 1.66. The Kier molecular flexibility index (Phi) is 11.5. The van der Waals surface area contributed by atoms with Crippen LogP contribution >= 0.6 is 0 Å². The van der Waals surface area contributed by atoms with Crippen molar-refractivity contribution in [3.8, 4) is 0 Å². The minimum atomic E-state index is -0.500. The average molecular weight is 196 g/mol. The molecule has 0 aliphatic carbocycles. The summed E-state index contributed by atoms with van der Waals surface area (Å²) in [4.78, 5) is 8.25. The Morgan fingerprint density at radius 2 is 2.08 bits per heavy atom. The van der Waals surface area contributed by atoms with E-state index in [0.29, 0.717) is 11.8 Å². The molecule has 0 unspecified atom stereocenters. The summed E-state index contributed by atoms with van der Waals surface area (Å²) >= 11 is 0. The molecule has 5 nitrogen and oxygen atoms in total. The van der Waals surface area contributed by atoms with Gasteiger partial charge in [0.25, 0.3) is 0 Å². The van der Waals surface area contributed by atoms with Crippen molar-refractivity contribution < 1.29 is 65.7 Å². The smallest absolute Gasteiger partial charge is 0.554 e. The molecular weight excluding hydrogens is 187 g/mol. The second-order valence-electron chi connectivity index (χ2n) is 1.66. The van der Waals surface area contributed by atoms with Gasteiger partial charge in [0, 0.05) is 19.8 Å². The average Bonchev–Trinajstić information content (AvgIpc) is 2.37. The van der Waals surface area contributed by atoms with Crippen LogP contribution in [0.5, 0.6) is 0 Å². The maximum Gasteiger partial charge on any atom is 1.00 e. The number of rotatable bonds is 1. The van der Waals surface area contributed by atoms with Gasteiger partial charge in [-0.2, -0.15) is 0 Å². The van der Waals surface area contributed by atoms with Gasteiger partial charge in [-0.1, -0.05) is 6.92 Å². The standard InChI is InChI=1S/C5H8N2O.CH2O2.K/c1-3-5-7-6-4(2)8-5;2-1-3;/h3H2,1-2H3;1H,(H,2,3);/q;;+1/p-1. The Bertz CT molecular complexity index is 214. The molecule has 0 amide bonds. The first-order valence-corrected chi connectivity index (χ1v) is 3.09. The van der Waals surface area contributed by atoms with E-state index in [1.54, 1.807) is 6.92 Å². The van der Waals surface area contributed by atoms with Crippen molar-refractivity contribution in [1.29, 1.82) is 0 Å². The summed E-state index contributed by atoms with van der Waals surface area (Å²) in [5.74, 6) is 1.35. The third-order valence-electron chi connectivity index (χ3n) is 0.870. The van der Waals surface area contributed by atoms with Crippen LogP contribution in [-0.2, 0) is 11.2 Å². The van der Waals surface area contributed by atoms with Crippen LogP contribution in [0.25, 0.3) is 0 Å². The molecule has 0 aliphatic rings. The molecule has 0 saturated carbocycles. The zero-order valence-corrected chi connectivity index (χ0v) is 10.5. The molecule has 0 aliphatic heterocycles. The van der Waals surface area contributed by atoms with Crippen LogP contribution in [0.2, 0.25) is 0 Å². The number of carboxylic acid groups (broad SMARTS) is 1. The van der Waals surface area contributed by atoms with Crippen LogP contribution in [0, 0.1) is 6.92 Å². The van der Waals surface area contributed by atoms with Crippen molar-refractivity contribution in [2.75, 3.05) is 0 Å². The van der Waals surface area contributed by atoms with Crippen molar-refractivity contribution in [3.05, 3.63) is 11.8 Å². The summed E-state index contributed by atoms with van der Waals surface area (Å²) in [6.07, 6.45) is 0.820. The molecule has 12 heavy (non-hydrogen) atoms. The van der Waals surface area contributed by atoms with E-state index in [1.807, 2.05) is 6.92 Å². The van der Waals surface area contributed by atoms with Crippen molar-refractivity contribution in [3.63, 3.8) is 0 Å². The topological polar surface area (TPSA) is 79.0 Å². The summed E-state index contributed by atoms with van der Waals surface area (Å²) in [5.41, 5.74) is 0. The molecule has 0 N–H and O–H groups in total. The van der Waals surface area contributed by atoms with Gasteiger partial charge in [0.1, 0.15) is 0 Å². The number of aryl methyl sites for hydroxylation is 2. The third kappa shape index (κ3) is 6.93. The molecule has 1 rings (SSSR count). The van der Waals surface area contributed by atoms with Gasteiger partial charge in [-0.25, -0.2) is 0 Å². The van der Waals surface area contributed by atoms with Crippen LogP contribution in [-0.4, -0.2) is 16.7 Å². The number of carbonyl (C=O) groups excluding carboxylic acids is 1. The predicted octanol–water partition coefficient (Wildman–Crippen LogP) is -3.69. The maximum atomic E-state index is 8.25. The van der Waals surface area contributed by atoms with E-state index in [0.717, 1.165) is 6.42 Å². The van der Waals surface area contributed by atoms with E-state index in [-0.39, 0.29) is 51.4 Å². The van der Waals surface area contributed by atoms with Gasteiger partial charge in [0.05, 0.1) is 0 Å². The van der Waals surface area contributed by atoms with Gasteiger partial charge in [-0.3, -0.25) is 0 Å². The van der Waals surface area contributed by atoms with Crippen molar-refractivity contribution in [1.82, 2.24) is 10.2 Å². The Labute approximate surface area is 113 Å². The zero-order valence-electron chi connectivity index (χ0n) is 7.40. The number of hydrogen-bond donors (Lipinski definition) is 0. The van der Waals surface area contributed by atoms with Gasteiger partial charge >= 0.3 is 51.4 Å². The van der Waals surface area contributed by atoms with E-state index >= 15 is 0 Å². The SMILES string of the molecule is CCc1nnc(C)o1.O=C[O-].[K+]. The Balaban J connectivity index is 0. The molecule has 0 bridgehead atoms. The van der Waals surface area contributed by atoms with Crippen molar-refractivity contribution in [2.24, 2.45) is 0 Å². The fourth-order valence-electron chi connectivity index (χ4n) is 0.480. The molecule has 0 spiro atoms. The van der Waals surface area contributed by atoms with Gasteiger partial charge < -0.3 is 14.3 Å². The van der Waals surface area contributed by atoms with Crippen molar-refractivity contribution >= 4 is 6.47 Å². The summed E-state index contributed by atoms with van der Waals surface area (Å²) < 4.78 is 5.01. The van der Waals surface area contributed by atoms with E-state index < -0.39 is 6.47 Å². The molecule has 0 atom stereocenters. The maximum absolute atomic E-state index is 8.25. The summed E-state index contributed by atoms with van der Waals surface area (Å²) in [6, 6.07) is 0. The van der Waals surface area contributed by atoms with Crippen LogP contribution < -0.4 is 56.5 Å². The molecule has 1 aromatic heterocycles. The van der Waals surface area contributed by atoms with Crippen LogP contribution in [0.4, 0.5) is 0 Å². The van der Waals surface area contributed by atoms with E-state index in [2.05, 4.69) is 10.2 Å². The van der Waals surface area contributed by atoms with Gasteiger partial charge in [0.2, 0.25) is 11.8 Å². The van der Waals surface area contributed by atoms with Gasteiger partial charge in [0.15, 0.2) is 0 Å². The van der Waals surface area contributed by atoms with Crippen molar-refractivity contribution in [2.45, 2.75) is 20.3 Å². The molecule has 1 aromatic rings. The fraction of sp³-hybridized carbons (Fsp3) is 0.500. The third-order valence-corrected chi connectivity index (χ3v) is 0.870. The fourth-order valence-corrected chi connectivity index (χ4v) is 0.480. The van der Waals surface area contributed by atoms with E-state index in [1.165, 1.54) is 0 Å². The van der Waals surface area contributed by atoms with Crippen LogP contribution in [0.3, 0.4) is 0 Å². The van der Waals surface area contributed by atoms with Crippen LogP contribution in [0.1, 0.15) is 18.7 Å². The summed E-state index contributed by atoms with van der Waals surface area (Å²) in [5, 5.41) is 15.6. The normalized spacial score (nSPS) is 7.50. The number of hydrogen-bond acceptors (Lipinski definition) is 5. The Morgan fingerprint density at radius 1 is 1.58 bits per heavy atom. The monoisotopic (exact) mass is 196 g/mol. The molecule has 0 fully saturated rings. The van der Waals surface area contributed by atoms with E-state index in [4.69, 9.17) is 14.3 Å². The first-order chi connectivity index (χ1) is 5.24. The number of nitrogens with zero attached hydrogens (tertiary/aromatic N) is 2. The Morgan fingerprint density at radius 3 is 2.25 bits per heavy atom. The first-order valence-electron chi connectivity index (χ1n) is 3.09. The molecule has 0 radical (unpaired) electrons. The molecule has 0 aromatic carbocycles. The molecular formula is C6H9KN2O3. The van der Waals surface area contributed by atoms with Gasteiger partial charge in [-0.15, -0.1) is 10.2 Å². The minimum absolute atomic E-state index is 0. The second kappa shape index (κ2) is 9.34. The minimum Gasteiger partial charge on any atom is -0.554 e. The quantitative estimate of drug-likeness (QED) is 0.341. The van der Waals surface area contributed by atoms with Gasteiger partial charge in [-0.05, 0) is 0 Å². The predicted molar refractivity (Wildman–Crippen MR) is 34.5 cm³/mol. The summed E-state index contributed by atoms with van der Waals surface area (Å²) in [7, 11) is 0. The molecule has 6 heteroatoms. The number of aromatic nitrogens is 2. The largest absolute Gasteiger partial charge is 1.00 e. The van der Waals surface area contributed by atoms with Crippen LogP contribution in [0.15, 0.2) is 4.42 Å².